The molecule has 5 heteroatoms. The predicted octanol–water partition coefficient (Wildman–Crippen LogP) is -0.816. The number of hydrazine groups is 1. The molecule has 0 aliphatic heterocycles. The molecule has 0 aromatic carbocycles. The van der Waals surface area contributed by atoms with Crippen LogP contribution < -0.4 is 17.4 Å². The number of hydrogen-bond donors (Lipinski definition) is 4. The fourth-order valence-corrected chi connectivity index (χ4v) is 0.522. The molecule has 1 heterocycles. The van der Waals surface area contributed by atoms with Crippen LogP contribution in [-0.2, 0) is 0 Å². The molecule has 0 amide bonds. The van der Waals surface area contributed by atoms with Crippen LogP contribution in [0.25, 0.3) is 0 Å². The topological polar surface area (TPSA) is 115 Å². The Morgan fingerprint density at radius 1 is 1.36 bits per heavy atom. The highest BCUT2D eigenvalue weighted by Gasteiger charge is 1.91. The van der Waals surface area contributed by atoms with Crippen molar-refractivity contribution >= 4 is 5.84 Å². The molecule has 1 aromatic rings. The van der Waals surface area contributed by atoms with Crippen molar-refractivity contribution in [2.75, 3.05) is 0 Å². The van der Waals surface area contributed by atoms with Gasteiger partial charge < -0.3 is 5.73 Å². The van der Waals surface area contributed by atoms with Crippen molar-refractivity contribution in [1.82, 2.24) is 4.98 Å². The third-order valence-electron chi connectivity index (χ3n) is 0.941. The lowest BCUT2D eigenvalue weighted by Crippen LogP contribution is -2.12. The molecule has 11 heavy (non-hydrogen) atoms. The van der Waals surface area contributed by atoms with Crippen LogP contribution in [0.5, 0.6) is 0 Å². The zero-order valence-corrected chi connectivity index (χ0v) is 5.99. The van der Waals surface area contributed by atoms with Crippen LogP contribution in [0.1, 0.15) is 5.69 Å². The maximum Gasteiger partial charge on any atom is 0.141 e. The molecule has 0 fully saturated rings. The molecule has 1 aromatic heterocycles. The number of nitrogens with two attached hydrogens (primary N) is 3. The maximum atomic E-state index is 6.95. The van der Waals surface area contributed by atoms with E-state index in [1.807, 2.05) is 0 Å². The maximum absolute atomic E-state index is 6.95. The number of nitrogen functional groups attached to an aromatic ring is 1. The first-order valence-electron chi connectivity index (χ1n) is 2.89. The van der Waals surface area contributed by atoms with Gasteiger partial charge >= 0.3 is 0 Å². The second kappa shape index (κ2) is 5.33. The third-order valence-corrected chi connectivity index (χ3v) is 0.941. The van der Waals surface area contributed by atoms with Crippen molar-refractivity contribution in [1.29, 1.82) is 5.41 Å². The van der Waals surface area contributed by atoms with Crippen LogP contribution in [0.4, 0.5) is 0 Å². The van der Waals surface area contributed by atoms with Crippen molar-refractivity contribution in [3.8, 4) is 0 Å². The van der Waals surface area contributed by atoms with Gasteiger partial charge in [-0.1, -0.05) is 6.07 Å². The molecule has 0 saturated heterocycles. The Hall–Kier alpha value is -1.46. The molecule has 0 aliphatic rings. The summed E-state index contributed by atoms with van der Waals surface area (Å²) in [5.41, 5.74) is 5.66. The number of nitrogens with one attached hydrogen (secondary N) is 1. The van der Waals surface area contributed by atoms with E-state index < -0.39 is 0 Å². The van der Waals surface area contributed by atoms with Crippen LogP contribution in [0.2, 0.25) is 0 Å². The first-order chi connectivity index (χ1) is 5.30. The molecule has 0 spiro atoms. The van der Waals surface area contributed by atoms with E-state index in [0.717, 1.165) is 0 Å². The summed E-state index contributed by atoms with van der Waals surface area (Å²) in [6, 6.07) is 5.28. The fourth-order valence-electron chi connectivity index (χ4n) is 0.522. The number of rotatable bonds is 1. The summed E-state index contributed by atoms with van der Waals surface area (Å²) in [6.07, 6.45) is 1.61. The van der Waals surface area contributed by atoms with Gasteiger partial charge in [-0.15, -0.1) is 0 Å². The molecule has 60 valence electrons. The van der Waals surface area contributed by atoms with Crippen molar-refractivity contribution in [3.05, 3.63) is 30.1 Å². The van der Waals surface area contributed by atoms with E-state index in [0.29, 0.717) is 5.69 Å². The van der Waals surface area contributed by atoms with E-state index in [-0.39, 0.29) is 5.84 Å². The van der Waals surface area contributed by atoms with Gasteiger partial charge in [0.15, 0.2) is 0 Å². The van der Waals surface area contributed by atoms with E-state index in [1.165, 1.54) is 0 Å². The molecule has 1 rings (SSSR count). The number of pyridine rings is 1. The average molecular weight is 153 g/mol. The summed E-state index contributed by atoms with van der Waals surface area (Å²) in [4.78, 5) is 3.83. The fraction of sp³-hybridized carbons (Fsp3) is 0. The summed E-state index contributed by atoms with van der Waals surface area (Å²) >= 11 is 0. The second-order valence-electron chi connectivity index (χ2n) is 1.63. The number of amidine groups is 1. The second-order valence-corrected chi connectivity index (χ2v) is 1.63. The lowest BCUT2D eigenvalue weighted by molar-refractivity contribution is 1.26. The first-order valence-corrected chi connectivity index (χ1v) is 2.89. The van der Waals surface area contributed by atoms with E-state index >= 15 is 0 Å². The van der Waals surface area contributed by atoms with E-state index in [9.17, 15) is 0 Å². The molecule has 0 bridgehead atoms. The van der Waals surface area contributed by atoms with Crippen LogP contribution in [0, 0.1) is 5.41 Å². The van der Waals surface area contributed by atoms with Gasteiger partial charge in [0, 0.05) is 6.20 Å². The highest BCUT2D eigenvalue weighted by Crippen LogP contribution is 1.88. The molecule has 7 N–H and O–H groups in total. The van der Waals surface area contributed by atoms with Gasteiger partial charge in [0.2, 0.25) is 0 Å². The van der Waals surface area contributed by atoms with E-state index in [4.69, 9.17) is 11.1 Å². The van der Waals surface area contributed by atoms with E-state index in [2.05, 4.69) is 16.7 Å². The zero-order chi connectivity index (χ0) is 8.69. The Bertz CT molecular complexity index is 207. The van der Waals surface area contributed by atoms with Gasteiger partial charge in [0.25, 0.3) is 0 Å². The normalized spacial score (nSPS) is 7.82. The first kappa shape index (κ1) is 9.54. The van der Waals surface area contributed by atoms with Gasteiger partial charge in [-0.05, 0) is 12.1 Å². The minimum absolute atomic E-state index is 0.00981. The molecule has 0 saturated carbocycles. The largest absolute Gasteiger partial charge is 0.382 e. The summed E-state index contributed by atoms with van der Waals surface area (Å²) < 4.78 is 0. The van der Waals surface area contributed by atoms with Crippen LogP contribution in [0.15, 0.2) is 24.4 Å². The molecule has 0 radical (unpaired) electrons. The molecule has 0 unspecified atom stereocenters. The van der Waals surface area contributed by atoms with E-state index in [1.54, 1.807) is 24.4 Å². The Labute approximate surface area is 64.7 Å². The van der Waals surface area contributed by atoms with Crippen LogP contribution in [-0.4, -0.2) is 10.8 Å². The quantitative estimate of drug-likeness (QED) is 0.183. The standard InChI is InChI=1S/C6H7N3.H4N2/c7-6(8)5-3-1-2-4-9-5;1-2/h1-4H,(H3,7,8);1-2H2. The van der Waals surface area contributed by atoms with Gasteiger partial charge in [-0.2, -0.15) is 0 Å². The minimum Gasteiger partial charge on any atom is -0.382 e. The number of hydrogen-bond acceptors (Lipinski definition) is 4. The van der Waals surface area contributed by atoms with Crippen molar-refractivity contribution in [3.63, 3.8) is 0 Å². The zero-order valence-electron chi connectivity index (χ0n) is 5.99. The summed E-state index contributed by atoms with van der Waals surface area (Å²) in [5, 5.41) is 6.95. The van der Waals surface area contributed by atoms with Gasteiger partial charge in [0.1, 0.15) is 11.5 Å². The summed E-state index contributed by atoms with van der Waals surface area (Å²) in [7, 11) is 0. The lowest BCUT2D eigenvalue weighted by Gasteiger charge is -1.91. The molecule has 0 aliphatic carbocycles. The number of nitrogens with zero attached hydrogens (tertiary/aromatic N) is 1. The van der Waals surface area contributed by atoms with Gasteiger partial charge in [-0.3, -0.25) is 22.1 Å². The SMILES string of the molecule is N=C(N)c1ccccn1.NN. The number of aromatic nitrogens is 1. The Balaban J connectivity index is 0.000000461. The average Bonchev–Trinajstić information content (AvgIpc) is 2.10. The molecule has 0 atom stereocenters. The van der Waals surface area contributed by atoms with Crippen LogP contribution in [0.3, 0.4) is 0 Å². The molecule has 5 nitrogen and oxygen atoms in total. The summed E-state index contributed by atoms with van der Waals surface area (Å²) in [5.74, 6) is 8.01. The Morgan fingerprint density at radius 3 is 2.27 bits per heavy atom. The van der Waals surface area contributed by atoms with Crippen molar-refractivity contribution < 1.29 is 0 Å². The van der Waals surface area contributed by atoms with Gasteiger partial charge in [0.05, 0.1) is 0 Å². The predicted molar refractivity (Wildman–Crippen MR) is 43.6 cm³/mol. The Morgan fingerprint density at radius 2 is 2.00 bits per heavy atom. The van der Waals surface area contributed by atoms with Crippen LogP contribution >= 0.6 is 0 Å². The summed E-state index contributed by atoms with van der Waals surface area (Å²) in [6.45, 7) is 0. The lowest BCUT2D eigenvalue weighted by atomic mass is 10.3. The van der Waals surface area contributed by atoms with Gasteiger partial charge in [-0.25, -0.2) is 0 Å². The smallest absolute Gasteiger partial charge is 0.141 e. The third kappa shape index (κ3) is 3.29. The Kier molecular flexibility index (Phi) is 4.63. The minimum atomic E-state index is 0.00981. The molecular formula is C6H11N5. The molecular weight excluding hydrogens is 142 g/mol. The highest BCUT2D eigenvalue weighted by atomic mass is 15.0. The van der Waals surface area contributed by atoms with Crippen molar-refractivity contribution in [2.45, 2.75) is 0 Å². The monoisotopic (exact) mass is 153 g/mol. The highest BCUT2D eigenvalue weighted by molar-refractivity contribution is 5.92. The van der Waals surface area contributed by atoms with Crippen molar-refractivity contribution in [2.24, 2.45) is 17.4 Å².